The van der Waals surface area contributed by atoms with E-state index in [-0.39, 0.29) is 23.8 Å². The third kappa shape index (κ3) is 4.89. The predicted octanol–water partition coefficient (Wildman–Crippen LogP) is 4.66. The van der Waals surface area contributed by atoms with Crippen LogP contribution in [0.2, 0.25) is 0 Å². The standard InChI is InChI=1S/C32H30FN5O4/c1-18-9-21(32(39)40)11-27-31(18)36-28(38(27)13-22-7-8-41-22)16-37-14-23-24(15-37)30(23)26-3-2-4-29(35-26)42-17-20-6-5-19(12-34)10-25(20)33/h2-6,9-11,22-24,30H,7-8,13-17H2,1H3,(H,39,40)/t22-,23?,24?,30?/m0/s1. The molecular formula is C32H30FN5O4. The number of likely N-dealkylation sites (tertiary alicyclic amines) is 1. The minimum Gasteiger partial charge on any atom is -0.478 e. The van der Waals surface area contributed by atoms with Gasteiger partial charge in [-0.05, 0) is 61.1 Å². The second-order valence-electron chi connectivity index (χ2n) is 11.5. The Balaban J connectivity index is 1.03. The number of imidazole rings is 1. The van der Waals surface area contributed by atoms with Gasteiger partial charge in [0.1, 0.15) is 18.2 Å². The molecule has 1 N–H and O–H groups in total. The van der Waals surface area contributed by atoms with Crippen LogP contribution in [-0.4, -0.2) is 56.3 Å². The van der Waals surface area contributed by atoms with Crippen molar-refractivity contribution in [3.8, 4) is 11.9 Å². The second kappa shape index (κ2) is 10.5. The van der Waals surface area contributed by atoms with E-state index < -0.39 is 11.8 Å². The maximum absolute atomic E-state index is 14.3. The Morgan fingerprint density at radius 2 is 2.00 bits per heavy atom. The molecule has 9 nitrogen and oxygen atoms in total. The Morgan fingerprint density at radius 3 is 2.69 bits per heavy atom. The van der Waals surface area contributed by atoms with Crippen LogP contribution in [0.1, 0.15) is 50.9 Å². The van der Waals surface area contributed by atoms with Crippen molar-refractivity contribution in [2.75, 3.05) is 19.7 Å². The zero-order chi connectivity index (χ0) is 29.0. The number of carboxylic acids is 1. The van der Waals surface area contributed by atoms with Crippen molar-refractivity contribution in [3.63, 3.8) is 0 Å². The third-order valence-corrected chi connectivity index (χ3v) is 8.83. The fraction of sp³-hybridized carbons (Fsp3) is 0.375. The first-order chi connectivity index (χ1) is 20.4. The molecule has 3 fully saturated rings. The molecule has 0 bridgehead atoms. The van der Waals surface area contributed by atoms with Crippen LogP contribution in [0.25, 0.3) is 11.0 Å². The number of pyridine rings is 1. The van der Waals surface area contributed by atoms with E-state index in [9.17, 15) is 14.3 Å². The highest BCUT2D eigenvalue weighted by molar-refractivity contribution is 5.94. The van der Waals surface area contributed by atoms with E-state index in [0.29, 0.717) is 42.3 Å². The Morgan fingerprint density at radius 1 is 1.19 bits per heavy atom. The van der Waals surface area contributed by atoms with Crippen molar-refractivity contribution in [2.24, 2.45) is 11.8 Å². The number of fused-ring (bicyclic) bond motifs is 2. The van der Waals surface area contributed by atoms with Crippen LogP contribution in [-0.2, 0) is 24.4 Å². The first kappa shape index (κ1) is 26.6. The number of carboxylic acid groups (broad SMARTS) is 1. The Labute approximate surface area is 242 Å². The zero-order valence-electron chi connectivity index (χ0n) is 23.2. The molecule has 4 heterocycles. The molecule has 2 aromatic carbocycles. The van der Waals surface area contributed by atoms with Crippen LogP contribution in [0, 0.1) is 35.9 Å². The van der Waals surface area contributed by atoms with Gasteiger partial charge in [-0.3, -0.25) is 4.90 Å². The molecule has 2 saturated heterocycles. The minimum atomic E-state index is -0.940. The van der Waals surface area contributed by atoms with Crippen molar-refractivity contribution >= 4 is 17.0 Å². The number of nitriles is 1. The molecule has 1 saturated carbocycles. The van der Waals surface area contributed by atoms with Gasteiger partial charge in [0.05, 0.1) is 47.4 Å². The number of nitrogens with zero attached hydrogens (tertiary/aromatic N) is 5. The molecule has 10 heteroatoms. The minimum absolute atomic E-state index is 0.0413. The summed E-state index contributed by atoms with van der Waals surface area (Å²) in [4.78, 5) is 23.9. The van der Waals surface area contributed by atoms with Crippen LogP contribution in [0.4, 0.5) is 4.39 Å². The second-order valence-corrected chi connectivity index (χ2v) is 11.5. The quantitative estimate of drug-likeness (QED) is 0.311. The lowest BCUT2D eigenvalue weighted by atomic mass is 10.1. The van der Waals surface area contributed by atoms with E-state index in [1.165, 1.54) is 6.07 Å². The predicted molar refractivity (Wildman–Crippen MR) is 150 cm³/mol. The maximum Gasteiger partial charge on any atom is 0.335 e. The number of carbonyl (C=O) groups is 1. The fourth-order valence-corrected chi connectivity index (χ4v) is 6.48. The van der Waals surface area contributed by atoms with E-state index in [2.05, 4.69) is 9.47 Å². The molecule has 0 amide bonds. The fourth-order valence-electron chi connectivity index (χ4n) is 6.48. The van der Waals surface area contributed by atoms with Crippen LogP contribution in [0.3, 0.4) is 0 Å². The summed E-state index contributed by atoms with van der Waals surface area (Å²) in [5, 5.41) is 18.6. The summed E-state index contributed by atoms with van der Waals surface area (Å²) in [6.07, 6.45) is 1.12. The van der Waals surface area contributed by atoms with Gasteiger partial charge in [-0.15, -0.1) is 0 Å². The van der Waals surface area contributed by atoms with Gasteiger partial charge in [-0.1, -0.05) is 12.1 Å². The molecule has 2 aromatic heterocycles. The van der Waals surface area contributed by atoms with Crippen LogP contribution in [0.5, 0.6) is 5.88 Å². The number of aromatic carboxylic acids is 1. The summed E-state index contributed by atoms with van der Waals surface area (Å²) in [5.41, 5.74) is 4.48. The Bertz CT molecular complexity index is 1730. The molecule has 3 aliphatic rings. The van der Waals surface area contributed by atoms with Gasteiger partial charge in [-0.2, -0.15) is 5.26 Å². The van der Waals surface area contributed by atoms with Crippen molar-refractivity contribution in [2.45, 2.75) is 45.1 Å². The number of halogens is 1. The van der Waals surface area contributed by atoms with Crippen molar-refractivity contribution in [1.29, 1.82) is 5.26 Å². The molecule has 4 aromatic rings. The van der Waals surface area contributed by atoms with E-state index >= 15 is 0 Å². The Hall–Kier alpha value is -4.33. The molecule has 2 aliphatic heterocycles. The van der Waals surface area contributed by atoms with E-state index in [0.717, 1.165) is 54.2 Å². The smallest absolute Gasteiger partial charge is 0.335 e. The number of aryl methyl sites for hydroxylation is 1. The highest BCUT2D eigenvalue weighted by Crippen LogP contribution is 2.58. The monoisotopic (exact) mass is 567 g/mol. The summed E-state index contributed by atoms with van der Waals surface area (Å²) in [6, 6.07) is 15.4. The summed E-state index contributed by atoms with van der Waals surface area (Å²) < 4.78 is 27.9. The highest BCUT2D eigenvalue weighted by Gasteiger charge is 2.57. The molecule has 7 rings (SSSR count). The first-order valence-electron chi connectivity index (χ1n) is 14.2. The molecule has 3 atom stereocenters. The highest BCUT2D eigenvalue weighted by atomic mass is 19.1. The van der Waals surface area contributed by atoms with Crippen LogP contribution < -0.4 is 4.74 Å². The molecule has 2 unspecified atom stereocenters. The Kier molecular flexibility index (Phi) is 6.64. The van der Waals surface area contributed by atoms with Gasteiger partial charge >= 0.3 is 5.97 Å². The summed E-state index contributed by atoms with van der Waals surface area (Å²) >= 11 is 0. The van der Waals surface area contributed by atoms with Gasteiger partial charge in [0.15, 0.2) is 0 Å². The van der Waals surface area contributed by atoms with Crippen molar-refractivity contribution in [1.82, 2.24) is 19.4 Å². The molecule has 0 radical (unpaired) electrons. The van der Waals surface area contributed by atoms with Gasteiger partial charge in [0.2, 0.25) is 5.88 Å². The van der Waals surface area contributed by atoms with E-state index in [1.807, 2.05) is 25.1 Å². The van der Waals surface area contributed by atoms with Crippen molar-refractivity contribution < 1.29 is 23.8 Å². The van der Waals surface area contributed by atoms with Crippen LogP contribution in [0.15, 0.2) is 48.5 Å². The average molecular weight is 568 g/mol. The third-order valence-electron chi connectivity index (χ3n) is 8.83. The van der Waals surface area contributed by atoms with E-state index in [4.69, 9.17) is 24.7 Å². The SMILES string of the molecule is Cc1cc(C(=O)O)cc2c1nc(CN1CC3C(C1)C3c1cccc(OCc3ccc(C#N)cc3F)n1)n2C[C@@H]1CCO1. The number of benzene rings is 2. The number of rotatable bonds is 9. The molecule has 0 spiro atoms. The number of hydrogen-bond acceptors (Lipinski definition) is 7. The normalized spacial score (nSPS) is 22.9. The lowest BCUT2D eigenvalue weighted by Gasteiger charge is -2.28. The van der Waals surface area contributed by atoms with Crippen LogP contribution >= 0.6 is 0 Å². The average Bonchev–Trinajstić information content (AvgIpc) is 3.27. The summed E-state index contributed by atoms with van der Waals surface area (Å²) in [7, 11) is 0. The van der Waals surface area contributed by atoms with Gasteiger partial charge in [0.25, 0.3) is 0 Å². The first-order valence-corrected chi connectivity index (χ1v) is 14.2. The van der Waals surface area contributed by atoms with Gasteiger partial charge in [-0.25, -0.2) is 19.2 Å². The number of piperidine rings is 1. The van der Waals surface area contributed by atoms with Gasteiger partial charge < -0.3 is 19.1 Å². The molecule has 42 heavy (non-hydrogen) atoms. The summed E-state index contributed by atoms with van der Waals surface area (Å²) in [5.74, 6) is 1.35. The number of hydrogen-bond donors (Lipinski definition) is 1. The van der Waals surface area contributed by atoms with Crippen molar-refractivity contribution in [3.05, 3.63) is 88.1 Å². The molecule has 214 valence electrons. The maximum atomic E-state index is 14.3. The van der Waals surface area contributed by atoms with Gasteiger partial charge in [0, 0.05) is 42.9 Å². The molecular weight excluding hydrogens is 537 g/mol. The topological polar surface area (TPSA) is 113 Å². The largest absolute Gasteiger partial charge is 0.478 e. The zero-order valence-corrected chi connectivity index (χ0v) is 23.2. The lowest BCUT2D eigenvalue weighted by molar-refractivity contribution is -0.0591. The lowest BCUT2D eigenvalue weighted by Crippen LogP contribution is -2.33. The summed E-state index contributed by atoms with van der Waals surface area (Å²) in [6.45, 7) is 5.94. The number of aromatic nitrogens is 3. The van der Waals surface area contributed by atoms with E-state index in [1.54, 1.807) is 30.3 Å². The number of ether oxygens (including phenoxy) is 2. The molecule has 1 aliphatic carbocycles.